The second kappa shape index (κ2) is 7.33. The maximum absolute atomic E-state index is 12.7. The van der Waals surface area contributed by atoms with Crippen molar-refractivity contribution in [3.05, 3.63) is 59.4 Å². The van der Waals surface area contributed by atoms with E-state index in [1.165, 1.54) is 16.5 Å². The molecule has 5 nitrogen and oxygen atoms in total. The van der Waals surface area contributed by atoms with Crippen molar-refractivity contribution in [2.75, 3.05) is 18.4 Å². The van der Waals surface area contributed by atoms with Gasteiger partial charge in [-0.05, 0) is 60.9 Å². The molecule has 1 saturated heterocycles. The smallest absolute Gasteiger partial charge is 0.276 e. The van der Waals surface area contributed by atoms with Gasteiger partial charge in [-0.3, -0.25) is 9.48 Å². The third-order valence-corrected chi connectivity index (χ3v) is 5.61. The molecular formula is C21H23ClN4O. The molecule has 140 valence electrons. The standard InChI is InChI=1S/C21H22N4O.ClH/c26-21(19-10-12-25(24-19)16-4-2-11-22-13-16)23-18-9-8-15-7-6-14-3-1-5-17(18)20(14)15;/h1,3,5,8-10,12,16,22H,2,4,6-7,11,13H2,(H,23,26);1H. The number of carbonyl (C=O) groups is 1. The van der Waals surface area contributed by atoms with Crippen molar-refractivity contribution >= 4 is 34.8 Å². The lowest BCUT2D eigenvalue weighted by Crippen LogP contribution is -2.32. The number of carbonyl (C=O) groups excluding carboxylic acids is 1. The summed E-state index contributed by atoms with van der Waals surface area (Å²) in [6, 6.07) is 12.7. The van der Waals surface area contributed by atoms with Gasteiger partial charge in [0.15, 0.2) is 5.69 Å². The van der Waals surface area contributed by atoms with Gasteiger partial charge < -0.3 is 10.6 Å². The Kier molecular flexibility index (Phi) is 4.89. The van der Waals surface area contributed by atoms with Crippen LogP contribution in [0, 0.1) is 0 Å². The van der Waals surface area contributed by atoms with E-state index in [1.54, 1.807) is 0 Å². The molecule has 2 aliphatic rings. The van der Waals surface area contributed by atoms with Crippen LogP contribution in [0.1, 0.15) is 40.5 Å². The Hall–Kier alpha value is -2.37. The summed E-state index contributed by atoms with van der Waals surface area (Å²) < 4.78 is 1.93. The highest BCUT2D eigenvalue weighted by Gasteiger charge is 2.20. The average molecular weight is 383 g/mol. The van der Waals surface area contributed by atoms with Crippen LogP contribution in [0.4, 0.5) is 5.69 Å². The normalized spacial score (nSPS) is 18.3. The molecule has 1 aromatic heterocycles. The Balaban J connectivity index is 0.00000180. The molecular weight excluding hydrogens is 360 g/mol. The summed E-state index contributed by atoms with van der Waals surface area (Å²) in [5.41, 5.74) is 4.09. The van der Waals surface area contributed by atoms with Crippen molar-refractivity contribution in [3.8, 4) is 0 Å². The minimum Gasteiger partial charge on any atom is -0.320 e. The van der Waals surface area contributed by atoms with Gasteiger partial charge in [0.2, 0.25) is 0 Å². The van der Waals surface area contributed by atoms with Gasteiger partial charge in [0.05, 0.1) is 6.04 Å². The number of aromatic nitrogens is 2. The SMILES string of the molecule is Cl.O=C(Nc1ccc2c3c(cccc13)CC2)c1ccn(C2CCCNC2)n1. The van der Waals surface area contributed by atoms with Crippen LogP contribution in [0.3, 0.4) is 0 Å². The first kappa shape index (κ1) is 18.0. The maximum atomic E-state index is 12.7. The number of nitrogens with one attached hydrogen (secondary N) is 2. The zero-order chi connectivity index (χ0) is 17.5. The Morgan fingerprint density at radius 2 is 2.00 bits per heavy atom. The number of rotatable bonds is 3. The molecule has 1 unspecified atom stereocenters. The van der Waals surface area contributed by atoms with Crippen molar-refractivity contribution in [1.82, 2.24) is 15.1 Å². The van der Waals surface area contributed by atoms with Crippen LogP contribution in [0.15, 0.2) is 42.6 Å². The van der Waals surface area contributed by atoms with Gasteiger partial charge in [0, 0.05) is 23.8 Å². The summed E-state index contributed by atoms with van der Waals surface area (Å²) in [6.07, 6.45) is 6.34. The van der Waals surface area contributed by atoms with Crippen LogP contribution in [0.2, 0.25) is 0 Å². The minimum absolute atomic E-state index is 0. The topological polar surface area (TPSA) is 59.0 Å². The highest BCUT2D eigenvalue weighted by atomic mass is 35.5. The molecule has 1 fully saturated rings. The van der Waals surface area contributed by atoms with E-state index < -0.39 is 0 Å². The van der Waals surface area contributed by atoms with Crippen LogP contribution < -0.4 is 10.6 Å². The van der Waals surface area contributed by atoms with Gasteiger partial charge in [0.1, 0.15) is 0 Å². The van der Waals surface area contributed by atoms with Gasteiger partial charge in [-0.2, -0.15) is 5.10 Å². The third-order valence-electron chi connectivity index (χ3n) is 5.61. The van der Waals surface area contributed by atoms with Crippen molar-refractivity contribution in [2.24, 2.45) is 0 Å². The largest absolute Gasteiger partial charge is 0.320 e. The number of piperidine rings is 1. The highest BCUT2D eigenvalue weighted by molar-refractivity contribution is 6.09. The molecule has 0 radical (unpaired) electrons. The van der Waals surface area contributed by atoms with Gasteiger partial charge >= 0.3 is 0 Å². The van der Waals surface area contributed by atoms with E-state index >= 15 is 0 Å². The quantitative estimate of drug-likeness (QED) is 0.725. The number of halogens is 1. The van der Waals surface area contributed by atoms with Crippen LogP contribution in [0.5, 0.6) is 0 Å². The summed E-state index contributed by atoms with van der Waals surface area (Å²) in [5, 5.41) is 13.4. The molecule has 27 heavy (non-hydrogen) atoms. The number of aryl methyl sites for hydroxylation is 2. The van der Waals surface area contributed by atoms with Gasteiger partial charge in [-0.25, -0.2) is 0 Å². The Bertz CT molecular complexity index is 981. The fraction of sp³-hybridized carbons (Fsp3) is 0.333. The lowest BCUT2D eigenvalue weighted by Gasteiger charge is -2.22. The van der Waals surface area contributed by atoms with E-state index in [0.29, 0.717) is 11.7 Å². The van der Waals surface area contributed by atoms with E-state index in [1.807, 2.05) is 23.0 Å². The Labute approximate surface area is 164 Å². The predicted octanol–water partition coefficient (Wildman–Crippen LogP) is 3.73. The van der Waals surface area contributed by atoms with Crippen molar-refractivity contribution in [2.45, 2.75) is 31.7 Å². The van der Waals surface area contributed by atoms with Crippen LogP contribution in [0.25, 0.3) is 10.8 Å². The molecule has 0 saturated carbocycles. The highest BCUT2D eigenvalue weighted by Crippen LogP contribution is 2.35. The fourth-order valence-corrected chi connectivity index (χ4v) is 4.26. The van der Waals surface area contributed by atoms with E-state index in [9.17, 15) is 4.79 Å². The number of nitrogens with zero attached hydrogens (tertiary/aromatic N) is 2. The van der Waals surface area contributed by atoms with Crippen LogP contribution >= 0.6 is 12.4 Å². The molecule has 5 rings (SSSR count). The summed E-state index contributed by atoms with van der Waals surface area (Å²) in [7, 11) is 0. The average Bonchev–Trinajstić information content (AvgIpc) is 3.33. The van der Waals surface area contributed by atoms with Gasteiger partial charge in [-0.15, -0.1) is 12.4 Å². The number of anilines is 1. The van der Waals surface area contributed by atoms with Crippen molar-refractivity contribution in [1.29, 1.82) is 0 Å². The molecule has 0 bridgehead atoms. The van der Waals surface area contributed by atoms with Crippen LogP contribution in [-0.4, -0.2) is 28.8 Å². The van der Waals surface area contributed by atoms with E-state index in [0.717, 1.165) is 49.8 Å². The Morgan fingerprint density at radius 1 is 1.15 bits per heavy atom. The molecule has 0 spiro atoms. The summed E-state index contributed by atoms with van der Waals surface area (Å²) in [5.74, 6) is -0.147. The summed E-state index contributed by atoms with van der Waals surface area (Å²) in [4.78, 5) is 12.7. The first-order valence-electron chi connectivity index (χ1n) is 9.40. The molecule has 1 atom stereocenters. The second-order valence-electron chi connectivity index (χ2n) is 7.25. The van der Waals surface area contributed by atoms with Gasteiger partial charge in [-0.1, -0.05) is 24.3 Å². The summed E-state index contributed by atoms with van der Waals surface area (Å²) >= 11 is 0. The van der Waals surface area contributed by atoms with Gasteiger partial charge in [0.25, 0.3) is 5.91 Å². The number of benzene rings is 2. The molecule has 1 aliphatic heterocycles. The fourth-order valence-electron chi connectivity index (χ4n) is 4.26. The molecule has 6 heteroatoms. The minimum atomic E-state index is -0.147. The number of hydrogen-bond acceptors (Lipinski definition) is 3. The number of amides is 1. The molecule has 2 heterocycles. The lowest BCUT2D eigenvalue weighted by molar-refractivity contribution is 0.102. The first-order valence-corrected chi connectivity index (χ1v) is 9.40. The van der Waals surface area contributed by atoms with E-state index in [4.69, 9.17) is 0 Å². The zero-order valence-electron chi connectivity index (χ0n) is 15.1. The molecule has 2 N–H and O–H groups in total. The molecule has 2 aromatic carbocycles. The van der Waals surface area contributed by atoms with Crippen molar-refractivity contribution < 1.29 is 4.79 Å². The van der Waals surface area contributed by atoms with E-state index in [-0.39, 0.29) is 18.3 Å². The maximum Gasteiger partial charge on any atom is 0.276 e. The third kappa shape index (κ3) is 3.22. The molecule has 3 aromatic rings. The Morgan fingerprint density at radius 3 is 2.81 bits per heavy atom. The zero-order valence-corrected chi connectivity index (χ0v) is 15.9. The summed E-state index contributed by atoms with van der Waals surface area (Å²) in [6.45, 7) is 1.98. The second-order valence-corrected chi connectivity index (χ2v) is 7.25. The lowest BCUT2D eigenvalue weighted by atomic mass is 10.0. The molecule has 1 aliphatic carbocycles. The monoisotopic (exact) mass is 382 g/mol. The first-order chi connectivity index (χ1) is 12.8. The molecule has 1 amide bonds. The number of hydrogen-bond donors (Lipinski definition) is 2. The van der Waals surface area contributed by atoms with E-state index in [2.05, 4.69) is 40.0 Å². The predicted molar refractivity (Wildman–Crippen MR) is 110 cm³/mol. The van der Waals surface area contributed by atoms with Crippen LogP contribution in [-0.2, 0) is 12.8 Å². The van der Waals surface area contributed by atoms with Crippen molar-refractivity contribution in [3.63, 3.8) is 0 Å².